The molecule has 2 rings (SSSR count). The van der Waals surface area contributed by atoms with E-state index in [4.69, 9.17) is 0 Å². The molecule has 1 fully saturated rings. The molecule has 1 saturated carbocycles. The maximum Gasteiger partial charge on any atom is 0.263 e. The fourth-order valence-corrected chi connectivity index (χ4v) is 2.18. The molecule has 0 bridgehead atoms. The number of hydrogen-bond donors (Lipinski definition) is 2. The maximum absolute atomic E-state index is 12.1. The minimum absolute atomic E-state index is 0.188. The first kappa shape index (κ1) is 12.7. The second-order valence-corrected chi connectivity index (χ2v) is 5.36. The van der Waals surface area contributed by atoms with Crippen molar-refractivity contribution < 1.29 is 4.79 Å². The van der Waals surface area contributed by atoms with Crippen LogP contribution >= 0.6 is 28.6 Å². The van der Waals surface area contributed by atoms with E-state index in [1.54, 1.807) is 16.8 Å². The lowest BCUT2D eigenvalue weighted by Gasteiger charge is -2.08. The Morgan fingerprint density at radius 2 is 2.29 bits per heavy atom. The number of amides is 1. The molecular formula is C11H13BrN2O2S. The van der Waals surface area contributed by atoms with E-state index < -0.39 is 0 Å². The third-order valence-electron chi connectivity index (χ3n) is 2.59. The molecule has 1 aromatic rings. The SMILES string of the molecule is O=C(NCCS)c1cc(Br)cn(C2CC2)c1=O. The molecule has 1 N–H and O–H groups in total. The van der Waals surface area contributed by atoms with Gasteiger partial charge in [-0.15, -0.1) is 0 Å². The molecule has 0 radical (unpaired) electrons. The zero-order valence-corrected chi connectivity index (χ0v) is 11.6. The van der Waals surface area contributed by atoms with Gasteiger partial charge in [-0.25, -0.2) is 0 Å². The summed E-state index contributed by atoms with van der Waals surface area (Å²) in [5.41, 5.74) is -0.0274. The molecule has 0 aromatic carbocycles. The number of rotatable bonds is 4. The molecule has 17 heavy (non-hydrogen) atoms. The highest BCUT2D eigenvalue weighted by Crippen LogP contribution is 2.34. The van der Waals surface area contributed by atoms with E-state index >= 15 is 0 Å². The number of halogens is 1. The summed E-state index contributed by atoms with van der Waals surface area (Å²) >= 11 is 7.33. The standard InChI is InChI=1S/C11H13BrN2O2S/c12-7-5-9(10(15)13-3-4-17)11(16)14(6-7)8-1-2-8/h5-6,8,17H,1-4H2,(H,13,15). The molecule has 0 aliphatic heterocycles. The molecule has 0 saturated heterocycles. The fourth-order valence-electron chi connectivity index (χ4n) is 1.62. The number of pyridine rings is 1. The third kappa shape index (κ3) is 2.93. The lowest BCUT2D eigenvalue weighted by Crippen LogP contribution is -2.33. The number of carbonyl (C=O) groups is 1. The molecule has 1 amide bonds. The molecule has 1 aliphatic carbocycles. The summed E-state index contributed by atoms with van der Waals surface area (Å²) in [5, 5.41) is 2.65. The zero-order valence-electron chi connectivity index (χ0n) is 9.15. The van der Waals surface area contributed by atoms with Gasteiger partial charge in [-0.1, -0.05) is 0 Å². The Morgan fingerprint density at radius 1 is 1.59 bits per heavy atom. The van der Waals surface area contributed by atoms with Gasteiger partial charge in [-0.3, -0.25) is 9.59 Å². The Balaban J connectivity index is 2.33. The summed E-state index contributed by atoms with van der Waals surface area (Å²) in [7, 11) is 0. The molecule has 1 heterocycles. The van der Waals surface area contributed by atoms with Crippen molar-refractivity contribution in [3.63, 3.8) is 0 Å². The highest BCUT2D eigenvalue weighted by molar-refractivity contribution is 9.10. The van der Waals surface area contributed by atoms with Gasteiger partial charge in [0.05, 0.1) is 0 Å². The monoisotopic (exact) mass is 316 g/mol. The van der Waals surface area contributed by atoms with Gasteiger partial charge in [0, 0.05) is 29.0 Å². The van der Waals surface area contributed by atoms with Crippen LogP contribution in [-0.2, 0) is 0 Å². The maximum atomic E-state index is 12.1. The smallest absolute Gasteiger partial charge is 0.263 e. The Hall–Kier alpha value is -0.750. The van der Waals surface area contributed by atoms with Crippen LogP contribution in [0.3, 0.4) is 0 Å². The van der Waals surface area contributed by atoms with Gasteiger partial charge >= 0.3 is 0 Å². The summed E-state index contributed by atoms with van der Waals surface area (Å²) in [6, 6.07) is 1.83. The fraction of sp³-hybridized carbons (Fsp3) is 0.455. The van der Waals surface area contributed by atoms with E-state index in [2.05, 4.69) is 33.9 Å². The van der Waals surface area contributed by atoms with Crippen LogP contribution in [0.4, 0.5) is 0 Å². The van der Waals surface area contributed by atoms with Crippen molar-refractivity contribution in [2.75, 3.05) is 12.3 Å². The Labute approximate surface area is 113 Å². The van der Waals surface area contributed by atoms with Crippen LogP contribution in [0.15, 0.2) is 21.5 Å². The van der Waals surface area contributed by atoms with Crippen LogP contribution in [0.25, 0.3) is 0 Å². The van der Waals surface area contributed by atoms with E-state index in [1.165, 1.54) is 0 Å². The Morgan fingerprint density at radius 3 is 2.88 bits per heavy atom. The molecule has 0 atom stereocenters. The summed E-state index contributed by atoms with van der Waals surface area (Å²) in [5.74, 6) is 0.219. The van der Waals surface area contributed by atoms with E-state index in [1.807, 2.05) is 0 Å². The number of nitrogens with zero attached hydrogens (tertiary/aromatic N) is 1. The van der Waals surface area contributed by atoms with E-state index in [0.29, 0.717) is 12.3 Å². The molecular weight excluding hydrogens is 304 g/mol. The van der Waals surface area contributed by atoms with Crippen LogP contribution in [-0.4, -0.2) is 22.8 Å². The van der Waals surface area contributed by atoms with Crippen molar-refractivity contribution in [3.05, 3.63) is 32.7 Å². The number of hydrogen-bond acceptors (Lipinski definition) is 3. The van der Waals surface area contributed by atoms with Crippen molar-refractivity contribution >= 4 is 34.5 Å². The third-order valence-corrected chi connectivity index (χ3v) is 3.25. The van der Waals surface area contributed by atoms with Crippen LogP contribution in [0.5, 0.6) is 0 Å². The predicted molar refractivity (Wildman–Crippen MR) is 72.9 cm³/mol. The van der Waals surface area contributed by atoms with Crippen molar-refractivity contribution in [1.29, 1.82) is 0 Å². The van der Waals surface area contributed by atoms with Gasteiger partial charge in [0.25, 0.3) is 11.5 Å². The second-order valence-electron chi connectivity index (χ2n) is 4.00. The van der Waals surface area contributed by atoms with E-state index in [9.17, 15) is 9.59 Å². The van der Waals surface area contributed by atoms with Gasteiger partial charge in [-0.2, -0.15) is 12.6 Å². The first-order chi connectivity index (χ1) is 8.13. The number of aromatic nitrogens is 1. The van der Waals surface area contributed by atoms with Crippen molar-refractivity contribution in [1.82, 2.24) is 9.88 Å². The normalized spacial score (nSPS) is 14.7. The Kier molecular flexibility index (Phi) is 3.93. The van der Waals surface area contributed by atoms with Gasteiger partial charge in [-0.05, 0) is 34.8 Å². The lowest BCUT2D eigenvalue weighted by atomic mass is 10.2. The van der Waals surface area contributed by atoms with Gasteiger partial charge < -0.3 is 9.88 Å². The molecule has 4 nitrogen and oxygen atoms in total. The van der Waals surface area contributed by atoms with Gasteiger partial charge in [0.15, 0.2) is 0 Å². The first-order valence-electron chi connectivity index (χ1n) is 5.44. The minimum atomic E-state index is -0.334. The second kappa shape index (κ2) is 5.27. The number of thiol groups is 1. The minimum Gasteiger partial charge on any atom is -0.351 e. The lowest BCUT2D eigenvalue weighted by molar-refractivity contribution is 0.0954. The quantitative estimate of drug-likeness (QED) is 0.829. The molecule has 1 aromatic heterocycles. The van der Waals surface area contributed by atoms with Crippen LogP contribution in [0, 0.1) is 0 Å². The molecule has 92 valence electrons. The van der Waals surface area contributed by atoms with Crippen LogP contribution in [0.2, 0.25) is 0 Å². The number of nitrogens with one attached hydrogen (secondary N) is 1. The summed E-state index contributed by atoms with van der Waals surface area (Å²) in [6.45, 7) is 0.456. The zero-order chi connectivity index (χ0) is 12.4. The summed E-state index contributed by atoms with van der Waals surface area (Å²) in [6.07, 6.45) is 3.76. The van der Waals surface area contributed by atoms with Gasteiger partial charge in [0.1, 0.15) is 5.56 Å². The van der Waals surface area contributed by atoms with Crippen molar-refractivity contribution in [2.24, 2.45) is 0 Å². The van der Waals surface area contributed by atoms with Crippen molar-refractivity contribution in [3.8, 4) is 0 Å². The average molecular weight is 317 g/mol. The van der Waals surface area contributed by atoms with E-state index in [0.717, 1.165) is 17.3 Å². The number of carbonyl (C=O) groups excluding carboxylic acids is 1. The topological polar surface area (TPSA) is 51.1 Å². The first-order valence-corrected chi connectivity index (χ1v) is 6.86. The Bertz CT molecular complexity index is 497. The molecule has 1 aliphatic rings. The largest absolute Gasteiger partial charge is 0.351 e. The molecule has 6 heteroatoms. The summed E-state index contributed by atoms with van der Waals surface area (Å²) in [4.78, 5) is 23.9. The highest BCUT2D eigenvalue weighted by atomic mass is 79.9. The van der Waals surface area contributed by atoms with E-state index in [-0.39, 0.29) is 23.1 Å². The highest BCUT2D eigenvalue weighted by Gasteiger charge is 2.26. The predicted octanol–water partition coefficient (Wildman–Crippen LogP) is 1.61. The van der Waals surface area contributed by atoms with Crippen LogP contribution < -0.4 is 10.9 Å². The molecule has 0 spiro atoms. The van der Waals surface area contributed by atoms with Crippen molar-refractivity contribution in [2.45, 2.75) is 18.9 Å². The van der Waals surface area contributed by atoms with Crippen LogP contribution in [0.1, 0.15) is 29.2 Å². The summed E-state index contributed by atoms with van der Waals surface area (Å²) < 4.78 is 2.39. The van der Waals surface area contributed by atoms with Gasteiger partial charge in [0.2, 0.25) is 0 Å². The average Bonchev–Trinajstić information content (AvgIpc) is 3.12. The molecule has 0 unspecified atom stereocenters.